The first-order chi connectivity index (χ1) is 7.65. The van der Waals surface area contributed by atoms with E-state index in [1.807, 2.05) is 36.9 Å². The van der Waals surface area contributed by atoms with Crippen LogP contribution in [0.5, 0.6) is 0 Å². The van der Waals surface area contributed by atoms with Crippen LogP contribution >= 0.6 is 0 Å². The smallest absolute Gasteiger partial charge is 0.314 e. The molecule has 0 aromatic carbocycles. The molecule has 2 amide bonds. The van der Waals surface area contributed by atoms with Gasteiger partial charge in [-0.05, 0) is 25.5 Å². The molecule has 0 aliphatic carbocycles. The van der Waals surface area contributed by atoms with Gasteiger partial charge in [0.05, 0.1) is 6.10 Å². The third-order valence-corrected chi connectivity index (χ3v) is 2.37. The summed E-state index contributed by atoms with van der Waals surface area (Å²) in [5.74, 6) is 0. The van der Waals surface area contributed by atoms with E-state index in [9.17, 15) is 9.90 Å². The molecule has 5 heteroatoms. The van der Waals surface area contributed by atoms with E-state index < -0.39 is 6.10 Å². The van der Waals surface area contributed by atoms with E-state index in [2.05, 4.69) is 10.6 Å². The molecule has 0 bridgehead atoms. The molecule has 3 N–H and O–H groups in total. The first-order valence-corrected chi connectivity index (χ1v) is 5.46. The lowest BCUT2D eigenvalue weighted by molar-refractivity contribution is 0.159. The Balaban J connectivity index is 2.28. The lowest BCUT2D eigenvalue weighted by Gasteiger charge is -2.12. The maximum Gasteiger partial charge on any atom is 0.314 e. The molecule has 1 rings (SSSR count). The number of carbonyl (C=O) groups is 1. The Labute approximate surface area is 95.5 Å². The summed E-state index contributed by atoms with van der Waals surface area (Å²) >= 11 is 0. The zero-order chi connectivity index (χ0) is 12.0. The number of aliphatic hydroxyl groups is 1. The fourth-order valence-corrected chi connectivity index (χ4v) is 1.51. The van der Waals surface area contributed by atoms with E-state index in [4.69, 9.17) is 0 Å². The topological polar surface area (TPSA) is 66.3 Å². The maximum atomic E-state index is 11.1. The summed E-state index contributed by atoms with van der Waals surface area (Å²) in [6, 6.07) is 3.56. The molecule has 0 aliphatic rings. The normalized spacial score (nSPS) is 12.2. The van der Waals surface area contributed by atoms with Crippen molar-refractivity contribution in [2.75, 3.05) is 13.1 Å². The van der Waals surface area contributed by atoms with Gasteiger partial charge in [0.1, 0.15) is 0 Å². The van der Waals surface area contributed by atoms with Crippen LogP contribution in [0.1, 0.15) is 25.1 Å². The number of urea groups is 1. The van der Waals surface area contributed by atoms with Gasteiger partial charge in [0.15, 0.2) is 0 Å². The molecule has 1 aromatic rings. The number of hydrogen-bond acceptors (Lipinski definition) is 2. The van der Waals surface area contributed by atoms with Gasteiger partial charge in [0.2, 0.25) is 0 Å². The predicted octanol–water partition coefficient (Wildman–Crippen LogP) is 0.768. The molecule has 1 aromatic heterocycles. The highest BCUT2D eigenvalue weighted by molar-refractivity contribution is 5.73. The molecule has 90 valence electrons. The lowest BCUT2D eigenvalue weighted by atomic mass is 10.2. The highest BCUT2D eigenvalue weighted by Crippen LogP contribution is 2.15. The van der Waals surface area contributed by atoms with Crippen molar-refractivity contribution in [3.05, 3.63) is 24.0 Å². The van der Waals surface area contributed by atoms with Gasteiger partial charge >= 0.3 is 6.03 Å². The van der Waals surface area contributed by atoms with E-state index in [1.165, 1.54) is 0 Å². The van der Waals surface area contributed by atoms with Crippen molar-refractivity contribution in [3.63, 3.8) is 0 Å². The van der Waals surface area contributed by atoms with Crippen LogP contribution < -0.4 is 10.6 Å². The third-order valence-electron chi connectivity index (χ3n) is 2.37. The van der Waals surface area contributed by atoms with Crippen molar-refractivity contribution in [2.24, 2.45) is 7.05 Å². The van der Waals surface area contributed by atoms with E-state index in [1.54, 1.807) is 0 Å². The first kappa shape index (κ1) is 12.6. The maximum absolute atomic E-state index is 11.1. The van der Waals surface area contributed by atoms with Gasteiger partial charge < -0.3 is 20.3 Å². The molecule has 5 nitrogen and oxygen atoms in total. The molecule has 1 unspecified atom stereocenters. The number of aryl methyl sites for hydroxylation is 1. The average molecular weight is 225 g/mol. The highest BCUT2D eigenvalue weighted by atomic mass is 16.3. The molecule has 0 saturated carbocycles. The Morgan fingerprint density at radius 3 is 2.88 bits per heavy atom. The number of rotatable bonds is 5. The monoisotopic (exact) mass is 225 g/mol. The van der Waals surface area contributed by atoms with Crippen molar-refractivity contribution >= 4 is 6.03 Å². The number of aromatic nitrogens is 1. The van der Waals surface area contributed by atoms with Gasteiger partial charge in [-0.25, -0.2) is 4.79 Å². The van der Waals surface area contributed by atoms with E-state index in [-0.39, 0.29) is 6.03 Å². The van der Waals surface area contributed by atoms with E-state index >= 15 is 0 Å². The summed E-state index contributed by atoms with van der Waals surface area (Å²) in [6.45, 7) is 2.92. The summed E-state index contributed by atoms with van der Waals surface area (Å²) in [7, 11) is 1.88. The number of hydrogen-bond donors (Lipinski definition) is 3. The Morgan fingerprint density at radius 1 is 1.56 bits per heavy atom. The summed E-state index contributed by atoms with van der Waals surface area (Å²) in [5, 5.41) is 15.1. The van der Waals surface area contributed by atoms with Crippen molar-refractivity contribution in [1.82, 2.24) is 15.2 Å². The molecule has 0 radical (unpaired) electrons. The second-order valence-electron chi connectivity index (χ2n) is 3.63. The van der Waals surface area contributed by atoms with Crippen molar-refractivity contribution < 1.29 is 9.90 Å². The average Bonchev–Trinajstić information content (AvgIpc) is 2.64. The van der Waals surface area contributed by atoms with Gasteiger partial charge in [-0.15, -0.1) is 0 Å². The van der Waals surface area contributed by atoms with Crippen LogP contribution in [-0.4, -0.2) is 28.8 Å². The van der Waals surface area contributed by atoms with Crippen molar-refractivity contribution in [1.29, 1.82) is 0 Å². The zero-order valence-electron chi connectivity index (χ0n) is 9.73. The van der Waals surface area contributed by atoms with Crippen LogP contribution in [0.15, 0.2) is 18.3 Å². The minimum Gasteiger partial charge on any atom is -0.387 e. The van der Waals surface area contributed by atoms with Crippen LogP contribution in [0.2, 0.25) is 0 Å². The molecule has 1 heterocycles. The minimum atomic E-state index is -0.540. The molecule has 16 heavy (non-hydrogen) atoms. The summed E-state index contributed by atoms with van der Waals surface area (Å²) in [5.41, 5.74) is 0.859. The van der Waals surface area contributed by atoms with Gasteiger partial charge in [0.25, 0.3) is 0 Å². The van der Waals surface area contributed by atoms with E-state index in [0.717, 1.165) is 5.69 Å². The second kappa shape index (κ2) is 6.17. The molecule has 0 spiro atoms. The lowest BCUT2D eigenvalue weighted by Crippen LogP contribution is -2.36. The summed E-state index contributed by atoms with van der Waals surface area (Å²) in [4.78, 5) is 11.1. The number of aliphatic hydroxyl groups excluding tert-OH is 1. The molecule has 0 saturated heterocycles. The van der Waals surface area contributed by atoms with Gasteiger partial charge in [-0.3, -0.25) is 0 Å². The van der Waals surface area contributed by atoms with Crippen LogP contribution in [0.25, 0.3) is 0 Å². The van der Waals surface area contributed by atoms with E-state index in [0.29, 0.717) is 19.5 Å². The van der Waals surface area contributed by atoms with Crippen LogP contribution in [0.3, 0.4) is 0 Å². The van der Waals surface area contributed by atoms with Gasteiger partial charge in [-0.2, -0.15) is 0 Å². The van der Waals surface area contributed by atoms with Crippen LogP contribution in [0, 0.1) is 0 Å². The van der Waals surface area contributed by atoms with Crippen molar-refractivity contribution in [2.45, 2.75) is 19.4 Å². The Hall–Kier alpha value is -1.49. The Morgan fingerprint density at radius 2 is 2.31 bits per heavy atom. The molecular formula is C11H19N3O2. The minimum absolute atomic E-state index is 0.193. The van der Waals surface area contributed by atoms with Crippen LogP contribution in [-0.2, 0) is 7.05 Å². The summed E-state index contributed by atoms with van der Waals surface area (Å²) < 4.78 is 1.87. The van der Waals surface area contributed by atoms with Gasteiger partial charge in [0, 0.05) is 32.0 Å². The van der Waals surface area contributed by atoms with Crippen LogP contribution in [0.4, 0.5) is 4.79 Å². The Kier molecular flexibility index (Phi) is 4.85. The second-order valence-corrected chi connectivity index (χ2v) is 3.63. The summed E-state index contributed by atoms with van der Waals surface area (Å²) in [6.07, 6.45) is 1.85. The highest BCUT2D eigenvalue weighted by Gasteiger charge is 2.10. The molecular weight excluding hydrogens is 206 g/mol. The SMILES string of the molecule is CCNC(=O)NCCC(O)c1cccn1C. The number of nitrogens with one attached hydrogen (secondary N) is 2. The Bertz CT molecular complexity index is 336. The number of amides is 2. The molecule has 1 atom stereocenters. The zero-order valence-corrected chi connectivity index (χ0v) is 9.73. The fraction of sp³-hybridized carbons (Fsp3) is 0.545. The quantitative estimate of drug-likeness (QED) is 0.693. The fourth-order valence-electron chi connectivity index (χ4n) is 1.51. The first-order valence-electron chi connectivity index (χ1n) is 5.46. The standard InChI is InChI=1S/C11H19N3O2/c1-3-12-11(16)13-7-6-10(15)9-5-4-8-14(9)2/h4-5,8,10,15H,3,6-7H2,1-2H3,(H2,12,13,16). The number of carbonyl (C=O) groups excluding carboxylic acids is 1. The molecule has 0 fully saturated rings. The molecule has 0 aliphatic heterocycles. The van der Waals surface area contributed by atoms with Gasteiger partial charge in [-0.1, -0.05) is 0 Å². The largest absolute Gasteiger partial charge is 0.387 e. The predicted molar refractivity (Wildman–Crippen MR) is 62.1 cm³/mol. The third kappa shape index (κ3) is 3.58. The number of nitrogens with zero attached hydrogens (tertiary/aromatic N) is 1. The van der Waals surface area contributed by atoms with Crippen molar-refractivity contribution in [3.8, 4) is 0 Å².